The number of carbonyl (C=O) groups is 1. The van der Waals surface area contributed by atoms with Crippen LogP contribution in [0.15, 0.2) is 53.2 Å². The third-order valence-electron chi connectivity index (χ3n) is 9.83. The van der Waals surface area contributed by atoms with Gasteiger partial charge in [-0.05, 0) is 90.5 Å². The molecule has 0 bridgehead atoms. The lowest BCUT2D eigenvalue weighted by Gasteiger charge is -2.35. The Hall–Kier alpha value is -2.77. The summed E-state index contributed by atoms with van der Waals surface area (Å²) in [6, 6.07) is 16.6. The first-order valence-electron chi connectivity index (χ1n) is 15.1. The Kier molecular flexibility index (Phi) is 8.26. The number of likely N-dealkylation sites (tertiary alicyclic amines) is 2. The largest absolute Gasteiger partial charge is 0.480 e. The SMILES string of the molecule is O=C(O)[C@@H](CC1CCC1)N1CC(CN2CCC(CCCc3cccc4nonc34)CC2)C(c2ccccc2)C1. The number of piperidine rings is 1. The van der Waals surface area contributed by atoms with E-state index in [1.165, 1.54) is 56.1 Å². The standard InChI is InChI=1S/C32H42N4O3/c37-32(38)30(19-24-8-4-9-24)36-21-27(28(22-36)25-10-2-1-3-11-25)20-35-17-15-23(16-18-35)7-5-12-26-13-6-14-29-31(26)34-39-33-29/h1-3,6,10-11,13-14,23-24,27-28,30H,4-5,7-9,12,15-22H2,(H,37,38)/t27?,28?,30-/m1/s1. The van der Waals surface area contributed by atoms with Gasteiger partial charge in [0.1, 0.15) is 17.1 Å². The van der Waals surface area contributed by atoms with Crippen molar-refractivity contribution in [3.8, 4) is 0 Å². The molecule has 0 spiro atoms. The number of carboxylic acids is 1. The lowest BCUT2D eigenvalue weighted by atomic mass is 9.80. The number of rotatable bonds is 11. The summed E-state index contributed by atoms with van der Waals surface area (Å²) in [5.74, 6) is 1.62. The van der Waals surface area contributed by atoms with Gasteiger partial charge in [-0.15, -0.1) is 0 Å². The second kappa shape index (κ2) is 12.2. The van der Waals surface area contributed by atoms with Crippen molar-refractivity contribution in [2.75, 3.05) is 32.7 Å². The van der Waals surface area contributed by atoms with Gasteiger partial charge in [-0.3, -0.25) is 9.69 Å². The van der Waals surface area contributed by atoms with E-state index in [2.05, 4.69) is 56.5 Å². The molecule has 208 valence electrons. The average Bonchev–Trinajstić information content (AvgIpc) is 3.57. The molecule has 3 fully saturated rings. The Morgan fingerprint density at radius 3 is 2.54 bits per heavy atom. The monoisotopic (exact) mass is 530 g/mol. The van der Waals surface area contributed by atoms with Gasteiger partial charge >= 0.3 is 5.97 Å². The zero-order chi connectivity index (χ0) is 26.6. The van der Waals surface area contributed by atoms with Gasteiger partial charge in [0, 0.05) is 25.6 Å². The van der Waals surface area contributed by atoms with Crippen LogP contribution in [0, 0.1) is 17.8 Å². The second-order valence-electron chi connectivity index (χ2n) is 12.3. The van der Waals surface area contributed by atoms with Crippen LogP contribution in [0.4, 0.5) is 0 Å². The number of hydrogen-bond donors (Lipinski definition) is 1. The third-order valence-corrected chi connectivity index (χ3v) is 9.83. The highest BCUT2D eigenvalue weighted by atomic mass is 16.6. The summed E-state index contributed by atoms with van der Waals surface area (Å²) >= 11 is 0. The molecule has 2 unspecified atom stereocenters. The van der Waals surface area contributed by atoms with E-state index in [-0.39, 0.29) is 6.04 Å². The maximum absolute atomic E-state index is 12.3. The molecule has 39 heavy (non-hydrogen) atoms. The highest BCUT2D eigenvalue weighted by molar-refractivity contribution is 5.76. The molecule has 6 rings (SSSR count). The lowest BCUT2D eigenvalue weighted by molar-refractivity contribution is -0.144. The van der Waals surface area contributed by atoms with Crippen LogP contribution in [-0.2, 0) is 11.2 Å². The molecule has 3 aliphatic rings. The van der Waals surface area contributed by atoms with Crippen LogP contribution < -0.4 is 0 Å². The molecule has 3 atom stereocenters. The molecule has 2 aromatic carbocycles. The minimum atomic E-state index is -0.633. The number of nitrogens with zero attached hydrogens (tertiary/aromatic N) is 4. The Balaban J connectivity index is 1.03. The van der Waals surface area contributed by atoms with Gasteiger partial charge < -0.3 is 10.0 Å². The molecule has 7 heteroatoms. The summed E-state index contributed by atoms with van der Waals surface area (Å²) < 4.78 is 4.92. The van der Waals surface area contributed by atoms with Gasteiger partial charge in [0.15, 0.2) is 0 Å². The van der Waals surface area contributed by atoms with Crippen molar-refractivity contribution in [2.24, 2.45) is 17.8 Å². The number of fused-ring (bicyclic) bond motifs is 1. The van der Waals surface area contributed by atoms with Crippen LogP contribution in [0.5, 0.6) is 0 Å². The summed E-state index contributed by atoms with van der Waals surface area (Å²) in [6.07, 6.45) is 10.4. The Morgan fingerprint density at radius 1 is 0.974 bits per heavy atom. The molecular formula is C32H42N4O3. The highest BCUT2D eigenvalue weighted by Crippen LogP contribution is 2.38. The number of aryl methyl sites for hydroxylation is 1. The van der Waals surface area contributed by atoms with Crippen LogP contribution in [0.3, 0.4) is 0 Å². The fourth-order valence-electron chi connectivity index (χ4n) is 7.31. The van der Waals surface area contributed by atoms with Crippen LogP contribution in [0.25, 0.3) is 11.0 Å². The molecule has 3 heterocycles. The van der Waals surface area contributed by atoms with E-state index in [1.807, 2.05) is 12.1 Å². The van der Waals surface area contributed by atoms with Gasteiger partial charge in [-0.1, -0.05) is 68.1 Å². The Bertz CT molecular complexity index is 1220. The highest BCUT2D eigenvalue weighted by Gasteiger charge is 2.41. The fraction of sp³-hybridized carbons (Fsp3) is 0.594. The summed E-state index contributed by atoms with van der Waals surface area (Å²) in [4.78, 5) is 17.3. The van der Waals surface area contributed by atoms with Crippen molar-refractivity contribution in [3.63, 3.8) is 0 Å². The molecule has 3 aromatic rings. The van der Waals surface area contributed by atoms with Crippen molar-refractivity contribution < 1.29 is 14.5 Å². The van der Waals surface area contributed by atoms with Crippen molar-refractivity contribution in [1.29, 1.82) is 0 Å². The summed E-state index contributed by atoms with van der Waals surface area (Å²) in [5, 5.41) is 18.2. The summed E-state index contributed by atoms with van der Waals surface area (Å²) in [6.45, 7) is 5.12. The third kappa shape index (κ3) is 6.20. The van der Waals surface area contributed by atoms with E-state index >= 15 is 0 Å². The zero-order valence-corrected chi connectivity index (χ0v) is 23.0. The smallest absolute Gasteiger partial charge is 0.320 e. The van der Waals surface area contributed by atoms with Crippen LogP contribution in [-0.4, -0.2) is 70.0 Å². The molecule has 1 aliphatic carbocycles. The quantitative estimate of drug-likeness (QED) is 0.345. The number of carboxylic acid groups (broad SMARTS) is 1. The molecule has 7 nitrogen and oxygen atoms in total. The number of hydrogen-bond acceptors (Lipinski definition) is 6. The van der Waals surface area contributed by atoms with Crippen molar-refractivity contribution >= 4 is 17.0 Å². The van der Waals surface area contributed by atoms with E-state index in [0.717, 1.165) is 62.5 Å². The van der Waals surface area contributed by atoms with E-state index in [0.29, 0.717) is 17.8 Å². The topological polar surface area (TPSA) is 82.7 Å². The normalized spacial score (nSPS) is 24.2. The predicted octanol–water partition coefficient (Wildman–Crippen LogP) is 5.62. The summed E-state index contributed by atoms with van der Waals surface area (Å²) in [5.41, 5.74) is 4.35. The number of benzene rings is 2. The molecule has 2 aliphatic heterocycles. The van der Waals surface area contributed by atoms with E-state index < -0.39 is 5.97 Å². The molecular weight excluding hydrogens is 488 g/mol. The van der Waals surface area contributed by atoms with Crippen LogP contribution in [0.2, 0.25) is 0 Å². The molecule has 1 saturated carbocycles. The maximum atomic E-state index is 12.3. The molecule has 1 N–H and O–H groups in total. The minimum Gasteiger partial charge on any atom is -0.480 e. The first-order valence-corrected chi connectivity index (χ1v) is 15.1. The number of aromatic nitrogens is 2. The Labute approximate surface area is 231 Å². The van der Waals surface area contributed by atoms with Gasteiger partial charge in [0.25, 0.3) is 0 Å². The minimum absolute atomic E-state index is 0.337. The zero-order valence-electron chi connectivity index (χ0n) is 23.0. The lowest BCUT2D eigenvalue weighted by Crippen LogP contribution is -2.43. The van der Waals surface area contributed by atoms with Crippen molar-refractivity contribution in [3.05, 3.63) is 59.7 Å². The van der Waals surface area contributed by atoms with Gasteiger partial charge in [-0.2, -0.15) is 0 Å². The summed E-state index contributed by atoms with van der Waals surface area (Å²) in [7, 11) is 0. The molecule has 2 saturated heterocycles. The van der Waals surface area contributed by atoms with Crippen molar-refractivity contribution in [1.82, 2.24) is 20.1 Å². The Morgan fingerprint density at radius 2 is 1.79 bits per heavy atom. The second-order valence-corrected chi connectivity index (χ2v) is 12.3. The van der Waals surface area contributed by atoms with Crippen LogP contribution >= 0.6 is 0 Å². The first kappa shape index (κ1) is 26.5. The van der Waals surface area contributed by atoms with Gasteiger partial charge in [-0.25, -0.2) is 4.63 Å². The first-order chi connectivity index (χ1) is 19.1. The fourth-order valence-corrected chi connectivity index (χ4v) is 7.31. The molecule has 1 aromatic heterocycles. The van der Waals surface area contributed by atoms with Gasteiger partial charge in [0.05, 0.1) is 0 Å². The van der Waals surface area contributed by atoms with Crippen molar-refractivity contribution in [2.45, 2.75) is 69.7 Å². The van der Waals surface area contributed by atoms with E-state index in [4.69, 9.17) is 4.63 Å². The maximum Gasteiger partial charge on any atom is 0.320 e. The number of aliphatic carboxylic acids is 1. The van der Waals surface area contributed by atoms with Gasteiger partial charge in [0.2, 0.25) is 0 Å². The predicted molar refractivity (Wildman–Crippen MR) is 152 cm³/mol. The van der Waals surface area contributed by atoms with E-state index in [1.54, 1.807) is 0 Å². The average molecular weight is 531 g/mol. The molecule has 0 amide bonds. The molecule has 0 radical (unpaired) electrons. The van der Waals surface area contributed by atoms with E-state index in [9.17, 15) is 9.90 Å². The van der Waals surface area contributed by atoms with Crippen LogP contribution in [0.1, 0.15) is 68.4 Å².